The summed E-state index contributed by atoms with van der Waals surface area (Å²) in [5, 5.41) is 14.6. The Kier molecular flexibility index (Phi) is 6.87. The van der Waals surface area contributed by atoms with Gasteiger partial charge in [0.2, 0.25) is 0 Å². The number of nitrogens with one attached hydrogen (secondary N) is 1. The van der Waals surface area contributed by atoms with Crippen LogP contribution in [-0.4, -0.2) is 55.2 Å². The van der Waals surface area contributed by atoms with Gasteiger partial charge in [0.05, 0.1) is 12.8 Å². The van der Waals surface area contributed by atoms with Crippen molar-refractivity contribution in [2.24, 2.45) is 0 Å². The van der Waals surface area contributed by atoms with E-state index in [1.807, 2.05) is 42.1 Å². The molecule has 3 rings (SSSR count). The molecule has 1 saturated heterocycles. The number of phenols is 1. The summed E-state index contributed by atoms with van der Waals surface area (Å²) in [5.74, 6) is 0.405. The predicted octanol–water partition coefficient (Wildman–Crippen LogP) is 4.80. The normalized spacial score (nSPS) is 14.2. The van der Waals surface area contributed by atoms with Gasteiger partial charge in [0, 0.05) is 35.8 Å². The van der Waals surface area contributed by atoms with Gasteiger partial charge in [0.1, 0.15) is 0 Å². The lowest BCUT2D eigenvalue weighted by Gasteiger charge is -2.28. The van der Waals surface area contributed by atoms with E-state index in [2.05, 4.69) is 5.32 Å². The maximum Gasteiger partial charge on any atom is 0.321 e. The van der Waals surface area contributed by atoms with Crippen molar-refractivity contribution in [2.45, 2.75) is 25.8 Å². The van der Waals surface area contributed by atoms with E-state index in [9.17, 15) is 9.90 Å². The number of ether oxygens (including phenoxy) is 1. The minimum absolute atomic E-state index is 0.0441. The van der Waals surface area contributed by atoms with E-state index in [1.54, 1.807) is 12.1 Å². The first-order valence-corrected chi connectivity index (χ1v) is 10.2. The van der Waals surface area contributed by atoms with E-state index in [0.717, 1.165) is 43.5 Å². The molecule has 1 aliphatic rings. The van der Waals surface area contributed by atoms with Crippen molar-refractivity contribution in [1.82, 2.24) is 9.80 Å². The lowest BCUT2D eigenvalue weighted by atomic mass is 9.99. The molecule has 0 spiro atoms. The Morgan fingerprint density at radius 2 is 1.86 bits per heavy atom. The maximum absolute atomic E-state index is 12.9. The second kappa shape index (κ2) is 9.37. The SMILES string of the molecule is COc1c(O)c(-c2ccc(Cl)cc2)cc(NC(=O)N2CCCCC2)c1CN(C)C. The molecular weight excluding hydrogens is 390 g/mol. The molecule has 0 saturated carbocycles. The van der Waals surface area contributed by atoms with Crippen molar-refractivity contribution >= 4 is 23.3 Å². The summed E-state index contributed by atoms with van der Waals surface area (Å²) in [6.07, 6.45) is 3.20. The van der Waals surface area contributed by atoms with Gasteiger partial charge >= 0.3 is 6.03 Å². The molecule has 2 amide bonds. The summed E-state index contributed by atoms with van der Waals surface area (Å²) in [5.41, 5.74) is 2.73. The van der Waals surface area contributed by atoms with Crippen LogP contribution in [0, 0.1) is 0 Å². The fourth-order valence-electron chi connectivity index (χ4n) is 3.63. The molecule has 1 heterocycles. The minimum atomic E-state index is -0.125. The molecule has 156 valence electrons. The smallest absolute Gasteiger partial charge is 0.321 e. The molecule has 29 heavy (non-hydrogen) atoms. The first kappa shape index (κ1) is 21.3. The Hall–Kier alpha value is -2.44. The highest BCUT2D eigenvalue weighted by Gasteiger charge is 2.23. The molecule has 7 heteroatoms. The molecule has 0 radical (unpaired) electrons. The van der Waals surface area contributed by atoms with E-state index >= 15 is 0 Å². The fraction of sp³-hybridized carbons (Fsp3) is 0.409. The Balaban J connectivity index is 2.06. The second-order valence-corrected chi connectivity index (χ2v) is 7.99. The number of rotatable bonds is 5. The number of hydrogen-bond acceptors (Lipinski definition) is 4. The number of phenolic OH excluding ortho intramolecular Hbond substituents is 1. The Morgan fingerprint density at radius 1 is 1.21 bits per heavy atom. The van der Waals surface area contributed by atoms with Gasteiger partial charge < -0.3 is 25.0 Å². The summed E-state index contributed by atoms with van der Waals surface area (Å²) in [7, 11) is 5.38. The molecule has 1 aliphatic heterocycles. The number of halogens is 1. The number of benzene rings is 2. The molecule has 0 unspecified atom stereocenters. The van der Waals surface area contributed by atoms with Crippen LogP contribution in [-0.2, 0) is 6.54 Å². The van der Waals surface area contributed by atoms with Gasteiger partial charge in [-0.1, -0.05) is 23.7 Å². The van der Waals surface area contributed by atoms with Crippen LogP contribution in [0.1, 0.15) is 24.8 Å². The molecule has 0 bridgehead atoms. The highest BCUT2D eigenvalue weighted by molar-refractivity contribution is 6.30. The quantitative estimate of drug-likeness (QED) is 0.686. The number of piperidine rings is 1. The molecule has 0 atom stereocenters. The number of nitrogens with zero attached hydrogens (tertiary/aromatic N) is 2. The monoisotopic (exact) mass is 417 g/mol. The van der Waals surface area contributed by atoms with Crippen LogP contribution in [0.5, 0.6) is 11.5 Å². The van der Waals surface area contributed by atoms with E-state index < -0.39 is 0 Å². The van der Waals surface area contributed by atoms with Crippen LogP contribution in [0.25, 0.3) is 11.1 Å². The van der Waals surface area contributed by atoms with Gasteiger partial charge in [-0.2, -0.15) is 0 Å². The van der Waals surface area contributed by atoms with E-state index in [0.29, 0.717) is 28.6 Å². The van der Waals surface area contributed by atoms with Crippen molar-refractivity contribution < 1.29 is 14.6 Å². The van der Waals surface area contributed by atoms with Crippen LogP contribution in [0.2, 0.25) is 5.02 Å². The van der Waals surface area contributed by atoms with Gasteiger partial charge in [0.15, 0.2) is 11.5 Å². The van der Waals surface area contributed by atoms with Gasteiger partial charge in [0.25, 0.3) is 0 Å². The molecule has 0 aliphatic carbocycles. The van der Waals surface area contributed by atoms with E-state index in [4.69, 9.17) is 16.3 Å². The first-order chi connectivity index (χ1) is 13.9. The first-order valence-electron chi connectivity index (χ1n) is 9.80. The molecule has 6 nitrogen and oxygen atoms in total. The number of anilines is 1. The Morgan fingerprint density at radius 3 is 2.45 bits per heavy atom. The second-order valence-electron chi connectivity index (χ2n) is 7.55. The Bertz CT molecular complexity index is 863. The van der Waals surface area contributed by atoms with Crippen LogP contribution in [0.3, 0.4) is 0 Å². The minimum Gasteiger partial charge on any atom is -0.504 e. The number of methoxy groups -OCH3 is 1. The van der Waals surface area contributed by atoms with Crippen LogP contribution >= 0.6 is 11.6 Å². The number of urea groups is 1. The zero-order valence-corrected chi connectivity index (χ0v) is 17.9. The number of hydrogen-bond donors (Lipinski definition) is 2. The largest absolute Gasteiger partial charge is 0.504 e. The fourth-order valence-corrected chi connectivity index (χ4v) is 3.76. The van der Waals surface area contributed by atoms with Gasteiger partial charge in [-0.3, -0.25) is 0 Å². The lowest BCUT2D eigenvalue weighted by molar-refractivity contribution is 0.200. The van der Waals surface area contributed by atoms with Crippen LogP contribution < -0.4 is 10.1 Å². The highest BCUT2D eigenvalue weighted by atomic mass is 35.5. The number of aromatic hydroxyl groups is 1. The van der Waals surface area contributed by atoms with Crippen LogP contribution in [0.15, 0.2) is 30.3 Å². The molecular formula is C22H28ClN3O3. The number of carbonyl (C=O) groups is 1. The van der Waals surface area contributed by atoms with Gasteiger partial charge in [-0.25, -0.2) is 4.79 Å². The third-order valence-electron chi connectivity index (χ3n) is 5.08. The summed E-state index contributed by atoms with van der Waals surface area (Å²) >= 11 is 6.01. The van der Waals surface area contributed by atoms with Crippen molar-refractivity contribution in [1.29, 1.82) is 0 Å². The number of likely N-dealkylation sites (tertiary alicyclic amines) is 1. The third-order valence-corrected chi connectivity index (χ3v) is 5.33. The van der Waals surface area contributed by atoms with Crippen molar-refractivity contribution in [3.63, 3.8) is 0 Å². The Labute approximate surface area is 177 Å². The third kappa shape index (κ3) is 4.95. The average Bonchev–Trinajstić information content (AvgIpc) is 2.71. The summed E-state index contributed by atoms with van der Waals surface area (Å²) < 4.78 is 5.56. The summed E-state index contributed by atoms with van der Waals surface area (Å²) in [6, 6.07) is 8.88. The van der Waals surface area contributed by atoms with Gasteiger partial charge in [-0.15, -0.1) is 0 Å². The highest BCUT2D eigenvalue weighted by Crippen LogP contribution is 2.44. The van der Waals surface area contributed by atoms with Crippen molar-refractivity contribution in [3.8, 4) is 22.6 Å². The number of amides is 2. The summed E-state index contributed by atoms with van der Waals surface area (Å²) in [6.45, 7) is 2.02. The molecule has 2 N–H and O–H groups in total. The van der Waals surface area contributed by atoms with E-state index in [-0.39, 0.29) is 11.8 Å². The molecule has 2 aromatic carbocycles. The van der Waals surface area contributed by atoms with E-state index in [1.165, 1.54) is 7.11 Å². The van der Waals surface area contributed by atoms with Crippen LogP contribution in [0.4, 0.5) is 10.5 Å². The molecule has 2 aromatic rings. The van der Waals surface area contributed by atoms with Crippen molar-refractivity contribution in [2.75, 3.05) is 39.6 Å². The zero-order valence-electron chi connectivity index (χ0n) is 17.2. The average molecular weight is 418 g/mol. The standard InChI is InChI=1S/C22H28ClN3O3/c1-25(2)14-18-19(24-22(28)26-11-5-4-6-12-26)13-17(20(27)21(18)29-3)15-7-9-16(23)10-8-15/h7-10,13,27H,4-6,11-12,14H2,1-3H3,(H,24,28). The maximum atomic E-state index is 12.9. The molecule has 0 aromatic heterocycles. The summed E-state index contributed by atoms with van der Waals surface area (Å²) in [4.78, 5) is 16.7. The topological polar surface area (TPSA) is 65.0 Å². The van der Waals surface area contributed by atoms with Crippen molar-refractivity contribution in [3.05, 3.63) is 40.9 Å². The molecule has 1 fully saturated rings. The lowest BCUT2D eigenvalue weighted by Crippen LogP contribution is -2.39. The number of carbonyl (C=O) groups excluding carboxylic acids is 1. The predicted molar refractivity (Wildman–Crippen MR) is 117 cm³/mol. The zero-order chi connectivity index (χ0) is 21.0. The van der Waals surface area contributed by atoms with Gasteiger partial charge in [-0.05, 0) is 57.1 Å².